The predicted octanol–water partition coefficient (Wildman–Crippen LogP) is 1.99. The molecule has 4 rings (SSSR count). The Morgan fingerprint density at radius 3 is 2.88 bits per heavy atom. The van der Waals surface area contributed by atoms with Crippen LogP contribution in [0, 0.1) is 11.6 Å². The maximum absolute atomic E-state index is 14.4. The molecule has 0 spiro atoms. The molecule has 0 unspecified atom stereocenters. The van der Waals surface area contributed by atoms with Gasteiger partial charge in [0.2, 0.25) is 15.7 Å². The number of anilines is 1. The second kappa shape index (κ2) is 9.27. The van der Waals surface area contributed by atoms with Crippen LogP contribution in [0.2, 0.25) is 0 Å². The van der Waals surface area contributed by atoms with Gasteiger partial charge in [0.15, 0.2) is 5.75 Å². The summed E-state index contributed by atoms with van der Waals surface area (Å²) >= 11 is 0. The normalized spacial score (nSPS) is 16.3. The smallest absolute Gasteiger partial charge is 0.405 e. The zero-order valence-corrected chi connectivity index (χ0v) is 18.5. The number of ether oxygens (including phenoxy) is 1. The standard InChI is InChI=1S/C20H22F2N6O4S/c1-33(30,31)25-8-7-23-20(29)32-17-12-24-28-10-6-18(26-19(17)28)27-9-2-3-16(27)14-11-13(21)4-5-15(14)22/h4-6,10-12,16,25H,2-3,7-9H2,1H3,(H,23,29)/t16-/m1/s1. The Hall–Kier alpha value is -3.32. The number of nitrogens with zero attached hydrogens (tertiary/aromatic N) is 4. The molecule has 33 heavy (non-hydrogen) atoms. The van der Waals surface area contributed by atoms with E-state index >= 15 is 0 Å². The van der Waals surface area contributed by atoms with Crippen LogP contribution in [0.15, 0.2) is 36.7 Å². The highest BCUT2D eigenvalue weighted by atomic mass is 32.2. The van der Waals surface area contributed by atoms with Crippen LogP contribution in [0.5, 0.6) is 5.75 Å². The maximum Gasteiger partial charge on any atom is 0.412 e. The van der Waals surface area contributed by atoms with Crippen molar-refractivity contribution >= 4 is 27.6 Å². The minimum absolute atomic E-state index is 0.0120. The second-order valence-corrected chi connectivity index (χ2v) is 9.40. The Balaban J connectivity index is 1.50. The Bertz CT molecular complexity index is 1280. The van der Waals surface area contributed by atoms with Gasteiger partial charge in [-0.05, 0) is 37.1 Å². The molecule has 0 radical (unpaired) electrons. The van der Waals surface area contributed by atoms with Crippen molar-refractivity contribution in [1.29, 1.82) is 0 Å². The van der Waals surface area contributed by atoms with E-state index < -0.39 is 27.8 Å². The van der Waals surface area contributed by atoms with Gasteiger partial charge in [-0.3, -0.25) is 0 Å². The number of aromatic nitrogens is 3. The molecule has 1 fully saturated rings. The summed E-state index contributed by atoms with van der Waals surface area (Å²) in [5, 5.41) is 6.53. The van der Waals surface area contributed by atoms with Crippen molar-refractivity contribution in [3.8, 4) is 5.75 Å². The molecule has 10 nitrogen and oxygen atoms in total. The highest BCUT2D eigenvalue weighted by Gasteiger charge is 2.30. The number of amides is 1. The van der Waals surface area contributed by atoms with Crippen LogP contribution < -0.4 is 19.7 Å². The third kappa shape index (κ3) is 5.37. The molecule has 2 aromatic heterocycles. The zero-order chi connectivity index (χ0) is 23.6. The van der Waals surface area contributed by atoms with E-state index in [1.165, 1.54) is 16.8 Å². The van der Waals surface area contributed by atoms with Crippen LogP contribution in [0.1, 0.15) is 24.4 Å². The van der Waals surface area contributed by atoms with E-state index in [4.69, 9.17) is 4.74 Å². The number of rotatable bonds is 7. The molecule has 1 atom stereocenters. The predicted molar refractivity (Wildman–Crippen MR) is 116 cm³/mol. The van der Waals surface area contributed by atoms with Crippen molar-refractivity contribution in [3.05, 3.63) is 53.9 Å². The lowest BCUT2D eigenvalue weighted by Crippen LogP contribution is -2.35. The molecule has 0 bridgehead atoms. The van der Waals surface area contributed by atoms with Crippen molar-refractivity contribution in [2.75, 3.05) is 30.8 Å². The van der Waals surface area contributed by atoms with Gasteiger partial charge < -0.3 is 15.0 Å². The van der Waals surface area contributed by atoms with E-state index in [2.05, 4.69) is 20.1 Å². The second-order valence-electron chi connectivity index (χ2n) is 7.56. The third-order valence-electron chi connectivity index (χ3n) is 5.15. The first-order valence-corrected chi connectivity index (χ1v) is 12.1. The number of nitrogens with one attached hydrogen (secondary N) is 2. The summed E-state index contributed by atoms with van der Waals surface area (Å²) in [4.78, 5) is 18.5. The highest BCUT2D eigenvalue weighted by Crippen LogP contribution is 2.37. The van der Waals surface area contributed by atoms with Crippen LogP contribution in [-0.2, 0) is 10.0 Å². The summed E-state index contributed by atoms with van der Waals surface area (Å²) in [5.74, 6) is -0.384. The number of sulfonamides is 1. The van der Waals surface area contributed by atoms with Gasteiger partial charge in [-0.1, -0.05) is 0 Å². The SMILES string of the molecule is CS(=O)(=O)NCCNC(=O)Oc1cnn2ccc(N3CCC[C@@H]3c3cc(F)ccc3F)nc12. The molecule has 13 heteroatoms. The molecule has 3 aromatic rings. The van der Waals surface area contributed by atoms with E-state index in [1.807, 2.05) is 4.90 Å². The summed E-state index contributed by atoms with van der Waals surface area (Å²) in [6.45, 7) is 0.637. The van der Waals surface area contributed by atoms with Gasteiger partial charge in [0.05, 0.1) is 18.5 Å². The largest absolute Gasteiger partial charge is 0.412 e. The van der Waals surface area contributed by atoms with Gasteiger partial charge in [-0.2, -0.15) is 5.10 Å². The van der Waals surface area contributed by atoms with Gasteiger partial charge in [-0.15, -0.1) is 0 Å². The molecule has 0 aliphatic carbocycles. The summed E-state index contributed by atoms with van der Waals surface area (Å²) in [7, 11) is -3.36. The van der Waals surface area contributed by atoms with Crippen LogP contribution in [0.4, 0.5) is 19.4 Å². The molecular weight excluding hydrogens is 458 g/mol. The van der Waals surface area contributed by atoms with Gasteiger partial charge >= 0.3 is 6.09 Å². The van der Waals surface area contributed by atoms with E-state index in [-0.39, 0.29) is 36.1 Å². The number of carbonyl (C=O) groups is 1. The highest BCUT2D eigenvalue weighted by molar-refractivity contribution is 7.88. The Morgan fingerprint density at radius 2 is 2.09 bits per heavy atom. The number of hydrogen-bond acceptors (Lipinski definition) is 7. The van der Waals surface area contributed by atoms with Crippen LogP contribution >= 0.6 is 0 Å². The quantitative estimate of drug-likeness (QED) is 0.497. The lowest BCUT2D eigenvalue weighted by molar-refractivity contribution is 0.201. The molecule has 0 saturated carbocycles. The molecule has 1 aliphatic rings. The first-order chi connectivity index (χ1) is 15.7. The lowest BCUT2D eigenvalue weighted by Gasteiger charge is -2.26. The first kappa shape index (κ1) is 22.9. The molecule has 1 amide bonds. The van der Waals surface area contributed by atoms with Crippen molar-refractivity contribution in [2.45, 2.75) is 18.9 Å². The van der Waals surface area contributed by atoms with Crippen LogP contribution in [-0.4, -0.2) is 55.0 Å². The number of benzene rings is 1. The Kier molecular flexibility index (Phi) is 6.42. The number of hydrogen-bond donors (Lipinski definition) is 2. The van der Waals surface area contributed by atoms with E-state index in [9.17, 15) is 22.0 Å². The summed E-state index contributed by atoms with van der Waals surface area (Å²) < 4.78 is 59.2. The topological polar surface area (TPSA) is 118 Å². The number of halogens is 2. The Labute approximate surface area is 188 Å². The van der Waals surface area contributed by atoms with Gasteiger partial charge in [0, 0.05) is 31.4 Å². The zero-order valence-electron chi connectivity index (χ0n) is 17.7. The lowest BCUT2D eigenvalue weighted by atomic mass is 10.0. The molecule has 1 saturated heterocycles. The van der Waals surface area contributed by atoms with Gasteiger partial charge in [0.1, 0.15) is 17.5 Å². The monoisotopic (exact) mass is 480 g/mol. The van der Waals surface area contributed by atoms with Crippen LogP contribution in [0.3, 0.4) is 0 Å². The Morgan fingerprint density at radius 1 is 1.27 bits per heavy atom. The maximum atomic E-state index is 14.4. The molecule has 1 aliphatic heterocycles. The van der Waals surface area contributed by atoms with E-state index in [0.717, 1.165) is 24.8 Å². The third-order valence-corrected chi connectivity index (χ3v) is 5.88. The minimum Gasteiger partial charge on any atom is -0.405 e. The fourth-order valence-electron chi connectivity index (χ4n) is 3.74. The van der Waals surface area contributed by atoms with Gasteiger partial charge in [0.25, 0.3) is 0 Å². The van der Waals surface area contributed by atoms with Crippen molar-refractivity contribution in [2.24, 2.45) is 0 Å². The summed E-state index contributed by atoms with van der Waals surface area (Å²) in [5.41, 5.74) is 0.531. The molecule has 176 valence electrons. The molecule has 3 heterocycles. The van der Waals surface area contributed by atoms with E-state index in [1.54, 1.807) is 12.3 Å². The molecule has 2 N–H and O–H groups in total. The fourth-order valence-corrected chi connectivity index (χ4v) is 4.21. The van der Waals surface area contributed by atoms with Crippen LogP contribution in [0.25, 0.3) is 5.65 Å². The fraction of sp³-hybridized carbons (Fsp3) is 0.350. The average molecular weight is 480 g/mol. The first-order valence-electron chi connectivity index (χ1n) is 10.2. The van der Waals surface area contributed by atoms with Crippen molar-refractivity contribution in [1.82, 2.24) is 24.6 Å². The minimum atomic E-state index is -3.36. The summed E-state index contributed by atoms with van der Waals surface area (Å²) in [6.07, 6.45) is 4.60. The average Bonchev–Trinajstić information content (AvgIpc) is 3.39. The van der Waals surface area contributed by atoms with Crippen molar-refractivity contribution < 1.29 is 26.7 Å². The van der Waals surface area contributed by atoms with Crippen molar-refractivity contribution in [3.63, 3.8) is 0 Å². The number of fused-ring (bicyclic) bond motifs is 1. The molecular formula is C20H22F2N6O4S. The van der Waals surface area contributed by atoms with E-state index in [0.29, 0.717) is 18.8 Å². The summed E-state index contributed by atoms with van der Waals surface area (Å²) in [6, 6.07) is 4.73. The molecule has 1 aromatic carbocycles. The van der Waals surface area contributed by atoms with Gasteiger partial charge in [-0.25, -0.2) is 36.2 Å². The number of carbonyl (C=O) groups excluding carboxylic acids is 1.